The molecule has 0 aromatic carbocycles. The van der Waals surface area contributed by atoms with Crippen LogP contribution in [0, 0.1) is 0 Å². The Labute approximate surface area is 122 Å². The van der Waals surface area contributed by atoms with E-state index in [9.17, 15) is 0 Å². The molecule has 0 saturated heterocycles. The van der Waals surface area contributed by atoms with Crippen molar-refractivity contribution in [2.24, 2.45) is 0 Å². The predicted octanol–water partition coefficient (Wildman–Crippen LogP) is 2.67. The minimum Gasteiger partial charge on any atom is -0.353 e. The van der Waals surface area contributed by atoms with Gasteiger partial charge in [0.15, 0.2) is 8.64 Å². The van der Waals surface area contributed by atoms with Gasteiger partial charge in [0, 0.05) is 12.1 Å². The third kappa shape index (κ3) is 5.83. The van der Waals surface area contributed by atoms with Crippen molar-refractivity contribution in [3.05, 3.63) is 0 Å². The molecule has 18 heavy (non-hydrogen) atoms. The highest BCUT2D eigenvalue weighted by molar-refractivity contribution is 7.32. The Bertz CT molecular complexity index is 223. The normalized spacial score (nSPS) is 16.7. The van der Waals surface area contributed by atoms with Crippen LogP contribution in [0.3, 0.4) is 0 Å². The second-order valence-electron chi connectivity index (χ2n) is 6.27. The molecule has 6 heteroatoms. The SMILES string of the molecule is CCC(C)N(C(C)CC)[Si]([Si])N[Si](C)[Si](C)(C)C. The molecule has 0 aliphatic carbocycles. The zero-order valence-electron chi connectivity index (χ0n) is 13.5. The zero-order valence-corrected chi connectivity index (χ0v) is 17.5. The van der Waals surface area contributed by atoms with Gasteiger partial charge in [-0.2, -0.15) is 0 Å². The maximum atomic E-state index is 4.04. The first-order chi connectivity index (χ1) is 8.15. The molecule has 0 aliphatic heterocycles. The summed E-state index contributed by atoms with van der Waals surface area (Å²) in [6.07, 6.45) is 2.45. The van der Waals surface area contributed by atoms with Crippen molar-refractivity contribution in [1.82, 2.24) is 9.21 Å². The van der Waals surface area contributed by atoms with Crippen LogP contribution in [0.15, 0.2) is 0 Å². The van der Waals surface area contributed by atoms with E-state index in [0.717, 1.165) is 0 Å². The molecule has 0 fully saturated rings. The highest BCUT2D eigenvalue weighted by Crippen LogP contribution is 2.13. The van der Waals surface area contributed by atoms with Gasteiger partial charge in [0.1, 0.15) is 8.48 Å². The molecule has 1 N–H and O–H groups in total. The number of nitrogens with one attached hydrogen (secondary N) is 1. The van der Waals surface area contributed by atoms with Gasteiger partial charge in [0.25, 0.3) is 0 Å². The van der Waals surface area contributed by atoms with Gasteiger partial charge in [-0.3, -0.25) is 0 Å². The highest BCUT2D eigenvalue weighted by Gasteiger charge is 2.31. The van der Waals surface area contributed by atoms with E-state index in [2.05, 4.69) is 72.9 Å². The summed E-state index contributed by atoms with van der Waals surface area (Å²) in [5.74, 6) is 0. The fourth-order valence-corrected chi connectivity index (χ4v) is 15.0. The third-order valence-corrected chi connectivity index (χ3v) is 19.7. The summed E-state index contributed by atoms with van der Waals surface area (Å²) in [5.41, 5.74) is 0. The van der Waals surface area contributed by atoms with Crippen LogP contribution in [0.2, 0.25) is 26.2 Å². The Kier molecular flexibility index (Phi) is 8.52. The molecule has 105 valence electrons. The fourth-order valence-electron chi connectivity index (χ4n) is 1.70. The van der Waals surface area contributed by atoms with Crippen LogP contribution in [0.25, 0.3) is 0 Å². The molecule has 0 saturated carbocycles. The lowest BCUT2D eigenvalue weighted by atomic mass is 10.2. The minimum absolute atomic E-state index is 0.387. The standard InChI is InChI=1S/C12H31N2Si4/c1-9-11(3)14(12(4)10-2)17(15)13-16(5)18(6,7)8/h11-13H,9-10H2,1-8H3. The molecule has 2 atom stereocenters. The molecule has 0 amide bonds. The van der Waals surface area contributed by atoms with E-state index in [1.165, 1.54) is 12.8 Å². The Morgan fingerprint density at radius 3 is 1.78 bits per heavy atom. The summed E-state index contributed by atoms with van der Waals surface area (Å²) < 4.78 is 6.65. The van der Waals surface area contributed by atoms with E-state index in [0.29, 0.717) is 12.1 Å². The van der Waals surface area contributed by atoms with Gasteiger partial charge in [-0.1, -0.05) is 53.9 Å². The topological polar surface area (TPSA) is 15.3 Å². The van der Waals surface area contributed by atoms with E-state index in [1.54, 1.807) is 0 Å². The maximum Gasteiger partial charge on any atom is 0.192 e. The lowest BCUT2D eigenvalue weighted by molar-refractivity contribution is 0.264. The summed E-state index contributed by atoms with van der Waals surface area (Å²) in [6.45, 7) is 19.2. The van der Waals surface area contributed by atoms with Crippen molar-refractivity contribution in [2.45, 2.75) is 78.8 Å². The Morgan fingerprint density at radius 1 is 1.11 bits per heavy atom. The number of nitrogens with zero attached hydrogens (tertiary/aromatic N) is 1. The minimum atomic E-state index is -1.00. The lowest BCUT2D eigenvalue weighted by Crippen LogP contribution is -2.65. The van der Waals surface area contributed by atoms with Gasteiger partial charge < -0.3 is 9.21 Å². The molecule has 2 unspecified atom stereocenters. The Hall–Kier alpha value is 0.788. The van der Waals surface area contributed by atoms with E-state index < -0.39 is 16.2 Å². The molecule has 0 aromatic rings. The van der Waals surface area contributed by atoms with Crippen molar-refractivity contribution in [3.8, 4) is 0 Å². The lowest BCUT2D eigenvalue weighted by Gasteiger charge is -2.40. The average Bonchev–Trinajstić information content (AvgIpc) is 2.27. The van der Waals surface area contributed by atoms with Crippen LogP contribution in [-0.4, -0.2) is 51.1 Å². The highest BCUT2D eigenvalue weighted by atomic mass is 29.2. The molecular weight excluding hydrogens is 284 g/mol. The van der Waals surface area contributed by atoms with Gasteiger partial charge in [-0.25, -0.2) is 0 Å². The van der Waals surface area contributed by atoms with Gasteiger partial charge in [0.2, 0.25) is 0 Å². The van der Waals surface area contributed by atoms with Crippen molar-refractivity contribution in [1.29, 1.82) is 0 Å². The summed E-state index contributed by atoms with van der Waals surface area (Å²) >= 11 is 0. The monoisotopic (exact) mass is 315 g/mol. The smallest absolute Gasteiger partial charge is 0.192 e. The first-order valence-electron chi connectivity index (χ1n) is 7.13. The maximum absolute atomic E-state index is 4.04. The second kappa shape index (κ2) is 8.16. The van der Waals surface area contributed by atoms with Crippen molar-refractivity contribution in [2.75, 3.05) is 0 Å². The quantitative estimate of drug-likeness (QED) is 0.693. The van der Waals surface area contributed by atoms with E-state index in [-0.39, 0.29) is 8.48 Å². The van der Waals surface area contributed by atoms with Crippen molar-refractivity contribution >= 4 is 34.5 Å². The summed E-state index contributed by atoms with van der Waals surface area (Å²) in [5, 5.41) is 0. The molecule has 0 rings (SSSR count). The molecule has 0 aliphatic rings. The third-order valence-electron chi connectivity index (χ3n) is 3.82. The number of rotatable bonds is 8. The van der Waals surface area contributed by atoms with Crippen molar-refractivity contribution < 1.29 is 0 Å². The van der Waals surface area contributed by atoms with Crippen LogP contribution in [-0.2, 0) is 0 Å². The van der Waals surface area contributed by atoms with Gasteiger partial charge in [-0.15, -0.1) is 0 Å². The summed E-state index contributed by atoms with van der Waals surface area (Å²) in [6, 6.07) is 1.32. The molecule has 0 heterocycles. The number of hydrogen-bond acceptors (Lipinski definition) is 2. The number of hydrogen-bond donors (Lipinski definition) is 1. The summed E-state index contributed by atoms with van der Waals surface area (Å²) in [4.78, 5) is 0. The van der Waals surface area contributed by atoms with Crippen LogP contribution in [0.5, 0.6) is 0 Å². The zero-order chi connectivity index (χ0) is 14.5. The van der Waals surface area contributed by atoms with Crippen LogP contribution in [0.1, 0.15) is 40.5 Å². The van der Waals surface area contributed by atoms with Crippen molar-refractivity contribution in [3.63, 3.8) is 0 Å². The molecule has 0 aromatic heterocycles. The predicted molar refractivity (Wildman–Crippen MR) is 91.0 cm³/mol. The Balaban J connectivity index is 4.71. The molecule has 2 nitrogen and oxygen atoms in total. The first-order valence-corrected chi connectivity index (χ1v) is 16.6. The van der Waals surface area contributed by atoms with Crippen LogP contribution < -0.4 is 4.65 Å². The molecular formula is C12H31N2Si4. The van der Waals surface area contributed by atoms with Crippen LogP contribution in [0.4, 0.5) is 0 Å². The molecule has 0 spiro atoms. The second-order valence-corrected chi connectivity index (χ2v) is 22.4. The van der Waals surface area contributed by atoms with Gasteiger partial charge in [-0.05, 0) is 12.8 Å². The first kappa shape index (κ1) is 18.8. The van der Waals surface area contributed by atoms with E-state index in [1.807, 2.05) is 0 Å². The summed E-state index contributed by atoms with van der Waals surface area (Å²) in [7, 11) is 1.89. The Morgan fingerprint density at radius 2 is 1.50 bits per heavy atom. The van der Waals surface area contributed by atoms with Gasteiger partial charge in [0.05, 0.1) is 17.4 Å². The van der Waals surface area contributed by atoms with E-state index in [4.69, 9.17) is 0 Å². The molecule has 0 bridgehead atoms. The average molecular weight is 316 g/mol. The van der Waals surface area contributed by atoms with E-state index >= 15 is 0 Å². The van der Waals surface area contributed by atoms with Gasteiger partial charge >= 0.3 is 0 Å². The largest absolute Gasteiger partial charge is 0.353 e. The molecule has 5 radical (unpaired) electrons. The van der Waals surface area contributed by atoms with Crippen LogP contribution >= 0.6 is 0 Å². The fraction of sp³-hybridized carbons (Fsp3) is 1.00.